The number of rotatable bonds is 6. The highest BCUT2D eigenvalue weighted by Gasteiger charge is 2.24. The lowest BCUT2D eigenvalue weighted by Gasteiger charge is -2.35. The maximum absolute atomic E-state index is 12.7. The average Bonchev–Trinajstić information content (AvgIpc) is 2.91. The molecule has 3 heterocycles. The second-order valence-electron chi connectivity index (χ2n) is 8.20. The van der Waals surface area contributed by atoms with Gasteiger partial charge in [0.2, 0.25) is 5.91 Å². The summed E-state index contributed by atoms with van der Waals surface area (Å²) in [4.78, 5) is 27.6. The molecule has 0 aliphatic carbocycles. The zero-order valence-electron chi connectivity index (χ0n) is 17.7. The number of amides is 1. The van der Waals surface area contributed by atoms with Gasteiger partial charge in [0.25, 0.3) is 0 Å². The maximum Gasteiger partial charge on any atom is 0.346 e. The Kier molecular flexibility index (Phi) is 6.64. The van der Waals surface area contributed by atoms with E-state index in [9.17, 15) is 9.59 Å². The third kappa shape index (κ3) is 4.82. The molecule has 2 aliphatic rings. The summed E-state index contributed by atoms with van der Waals surface area (Å²) in [5, 5.41) is 7.45. The molecule has 1 N–H and O–H groups in total. The van der Waals surface area contributed by atoms with Crippen molar-refractivity contribution >= 4 is 5.91 Å². The number of morpholine rings is 1. The predicted octanol–water partition coefficient (Wildman–Crippen LogP) is 1.27. The van der Waals surface area contributed by atoms with E-state index in [-0.39, 0.29) is 24.2 Å². The van der Waals surface area contributed by atoms with E-state index in [1.807, 2.05) is 0 Å². The van der Waals surface area contributed by atoms with Crippen molar-refractivity contribution in [2.75, 3.05) is 32.8 Å². The molecule has 1 unspecified atom stereocenters. The van der Waals surface area contributed by atoms with Crippen molar-refractivity contribution in [2.24, 2.45) is 0 Å². The van der Waals surface area contributed by atoms with E-state index in [2.05, 4.69) is 46.5 Å². The molecule has 1 aromatic heterocycles. The van der Waals surface area contributed by atoms with Gasteiger partial charge in [0.05, 0.1) is 19.3 Å². The monoisotopic (exact) mass is 413 g/mol. The molecule has 8 heteroatoms. The molecule has 0 spiro atoms. The molecule has 0 saturated carbocycles. The third-order valence-electron chi connectivity index (χ3n) is 5.98. The molecule has 1 fully saturated rings. The van der Waals surface area contributed by atoms with Crippen LogP contribution >= 0.6 is 0 Å². The van der Waals surface area contributed by atoms with Gasteiger partial charge in [-0.25, -0.2) is 9.48 Å². The molecule has 1 atom stereocenters. The van der Waals surface area contributed by atoms with Crippen molar-refractivity contribution in [1.82, 2.24) is 24.6 Å². The Hall–Kier alpha value is -2.45. The zero-order valence-corrected chi connectivity index (χ0v) is 17.7. The fraction of sp³-hybridized carbons (Fsp3) is 0.591. The van der Waals surface area contributed by atoms with Crippen molar-refractivity contribution in [3.05, 3.63) is 51.7 Å². The molecule has 162 valence electrons. The normalized spacial score (nSPS) is 18.4. The van der Waals surface area contributed by atoms with Crippen LogP contribution in [-0.4, -0.2) is 58.0 Å². The molecule has 30 heavy (non-hydrogen) atoms. The van der Waals surface area contributed by atoms with Gasteiger partial charge in [-0.1, -0.05) is 36.2 Å². The fourth-order valence-corrected chi connectivity index (χ4v) is 4.36. The molecule has 1 saturated heterocycles. The largest absolute Gasteiger partial charge is 0.379 e. The Morgan fingerprint density at radius 1 is 1.20 bits per heavy atom. The number of carbonyl (C=O) groups excluding carboxylic acids is 1. The van der Waals surface area contributed by atoms with Crippen molar-refractivity contribution in [3.8, 4) is 0 Å². The van der Waals surface area contributed by atoms with E-state index in [0.717, 1.165) is 44.6 Å². The lowest BCUT2D eigenvalue weighted by molar-refractivity contribution is -0.122. The Morgan fingerprint density at radius 2 is 2.03 bits per heavy atom. The summed E-state index contributed by atoms with van der Waals surface area (Å²) in [5.74, 6) is 0.618. The molecular weight excluding hydrogens is 382 g/mol. The number of fused-ring (bicyclic) bond motifs is 1. The van der Waals surface area contributed by atoms with Crippen LogP contribution in [0.25, 0.3) is 0 Å². The molecule has 1 amide bonds. The number of hydrogen-bond donors (Lipinski definition) is 1. The average molecular weight is 414 g/mol. The SMILES string of the molecule is Cc1cccc(C(CNC(=O)Cn2nc3n(c2=O)CCCCC3)N2CCOCC2)c1. The van der Waals surface area contributed by atoms with Gasteiger partial charge in [-0.15, -0.1) is 0 Å². The van der Waals surface area contributed by atoms with Crippen LogP contribution in [0.15, 0.2) is 29.1 Å². The van der Waals surface area contributed by atoms with Crippen LogP contribution in [0, 0.1) is 6.92 Å². The van der Waals surface area contributed by atoms with Gasteiger partial charge < -0.3 is 10.1 Å². The predicted molar refractivity (Wildman–Crippen MR) is 113 cm³/mol. The number of hydrogen-bond acceptors (Lipinski definition) is 5. The molecular formula is C22H31N5O3. The molecule has 8 nitrogen and oxygen atoms in total. The topological polar surface area (TPSA) is 81.4 Å². The maximum atomic E-state index is 12.7. The smallest absolute Gasteiger partial charge is 0.346 e. The van der Waals surface area contributed by atoms with Crippen molar-refractivity contribution in [2.45, 2.75) is 51.7 Å². The van der Waals surface area contributed by atoms with Gasteiger partial charge in [0, 0.05) is 32.6 Å². The zero-order chi connectivity index (χ0) is 20.9. The lowest BCUT2D eigenvalue weighted by Crippen LogP contribution is -2.44. The second kappa shape index (κ2) is 9.57. The minimum atomic E-state index is -0.184. The van der Waals surface area contributed by atoms with E-state index in [4.69, 9.17) is 4.74 Å². The standard InChI is InChI=1S/C22H31N5O3/c1-17-6-5-7-18(14-17)19(25-10-12-30-13-11-25)15-23-21(28)16-27-22(29)26-9-4-2-3-8-20(26)24-27/h5-7,14,19H,2-4,8-13,15-16H2,1H3,(H,23,28). The summed E-state index contributed by atoms with van der Waals surface area (Å²) in [5.41, 5.74) is 2.21. The number of benzene rings is 1. The highest BCUT2D eigenvalue weighted by atomic mass is 16.5. The summed E-state index contributed by atoms with van der Waals surface area (Å²) < 4.78 is 8.54. The van der Waals surface area contributed by atoms with Crippen LogP contribution in [-0.2, 0) is 29.0 Å². The molecule has 2 aliphatic heterocycles. The van der Waals surface area contributed by atoms with Crippen molar-refractivity contribution < 1.29 is 9.53 Å². The summed E-state index contributed by atoms with van der Waals surface area (Å²) in [6.45, 7) is 6.30. The molecule has 2 aromatic rings. The first-order valence-corrected chi connectivity index (χ1v) is 10.9. The van der Waals surface area contributed by atoms with Gasteiger partial charge in [0.15, 0.2) is 0 Å². The first-order valence-electron chi connectivity index (χ1n) is 10.9. The van der Waals surface area contributed by atoms with Crippen LogP contribution in [0.3, 0.4) is 0 Å². The quantitative estimate of drug-likeness (QED) is 0.771. The van der Waals surface area contributed by atoms with E-state index in [1.165, 1.54) is 15.8 Å². The van der Waals surface area contributed by atoms with Crippen molar-refractivity contribution in [3.63, 3.8) is 0 Å². The minimum Gasteiger partial charge on any atom is -0.379 e. The number of nitrogens with one attached hydrogen (secondary N) is 1. The summed E-state index contributed by atoms with van der Waals surface area (Å²) >= 11 is 0. The number of ether oxygens (including phenoxy) is 1. The second-order valence-corrected chi connectivity index (χ2v) is 8.20. The first-order chi connectivity index (χ1) is 14.6. The van der Waals surface area contributed by atoms with Crippen LogP contribution in [0.2, 0.25) is 0 Å². The van der Waals surface area contributed by atoms with Gasteiger partial charge >= 0.3 is 5.69 Å². The van der Waals surface area contributed by atoms with Crippen molar-refractivity contribution in [1.29, 1.82) is 0 Å². The third-order valence-corrected chi connectivity index (χ3v) is 5.98. The summed E-state index contributed by atoms with van der Waals surface area (Å²) in [6.07, 6.45) is 3.95. The van der Waals surface area contributed by atoms with Crippen LogP contribution < -0.4 is 11.0 Å². The van der Waals surface area contributed by atoms with Crippen LogP contribution in [0.4, 0.5) is 0 Å². The van der Waals surface area contributed by atoms with Crippen LogP contribution in [0.1, 0.15) is 42.3 Å². The van der Waals surface area contributed by atoms with E-state index in [1.54, 1.807) is 4.57 Å². The Bertz CT molecular complexity index is 929. The summed E-state index contributed by atoms with van der Waals surface area (Å²) in [6, 6.07) is 8.48. The molecule has 4 rings (SSSR count). The van der Waals surface area contributed by atoms with Crippen LogP contribution in [0.5, 0.6) is 0 Å². The van der Waals surface area contributed by atoms with E-state index < -0.39 is 0 Å². The molecule has 0 radical (unpaired) electrons. The number of aromatic nitrogens is 3. The number of carbonyl (C=O) groups is 1. The summed E-state index contributed by atoms with van der Waals surface area (Å²) in [7, 11) is 0. The van der Waals surface area contributed by atoms with Gasteiger partial charge in [-0.2, -0.15) is 5.10 Å². The number of aryl methyl sites for hydroxylation is 2. The van der Waals surface area contributed by atoms with Gasteiger partial charge in [-0.3, -0.25) is 14.3 Å². The van der Waals surface area contributed by atoms with E-state index >= 15 is 0 Å². The Balaban J connectivity index is 1.43. The Labute approximate surface area is 176 Å². The molecule has 0 bridgehead atoms. The Morgan fingerprint density at radius 3 is 2.83 bits per heavy atom. The van der Waals surface area contributed by atoms with Gasteiger partial charge in [-0.05, 0) is 25.3 Å². The highest BCUT2D eigenvalue weighted by molar-refractivity contribution is 5.75. The lowest BCUT2D eigenvalue weighted by atomic mass is 10.0. The van der Waals surface area contributed by atoms with E-state index in [0.29, 0.717) is 26.3 Å². The highest BCUT2D eigenvalue weighted by Crippen LogP contribution is 2.22. The number of nitrogens with zero attached hydrogens (tertiary/aromatic N) is 4. The molecule has 1 aromatic carbocycles. The fourth-order valence-electron chi connectivity index (χ4n) is 4.36. The van der Waals surface area contributed by atoms with Gasteiger partial charge in [0.1, 0.15) is 12.4 Å². The minimum absolute atomic E-state index is 0.0392. The first kappa shape index (κ1) is 20.8.